The molecule has 3 N–H and O–H groups in total. The van der Waals surface area contributed by atoms with Gasteiger partial charge in [0.25, 0.3) is 0 Å². The van der Waals surface area contributed by atoms with Gasteiger partial charge in [-0.25, -0.2) is 4.39 Å². The predicted octanol–water partition coefficient (Wildman–Crippen LogP) is 3.52. The van der Waals surface area contributed by atoms with Crippen LogP contribution < -0.4 is 5.73 Å². The van der Waals surface area contributed by atoms with E-state index in [1.807, 2.05) is 6.92 Å². The van der Waals surface area contributed by atoms with Crippen LogP contribution in [0.15, 0.2) is 16.6 Å². The van der Waals surface area contributed by atoms with Crippen molar-refractivity contribution < 1.29 is 9.50 Å². The fourth-order valence-electron chi connectivity index (χ4n) is 1.36. The maximum atomic E-state index is 13.3. The first kappa shape index (κ1) is 14.7. The Labute approximate surface area is 103 Å². The second-order valence-corrected chi connectivity index (χ2v) is 4.04. The van der Waals surface area contributed by atoms with E-state index >= 15 is 0 Å². The molecule has 0 saturated heterocycles. The summed E-state index contributed by atoms with van der Waals surface area (Å²) < 4.78 is 13.8. The van der Waals surface area contributed by atoms with Gasteiger partial charge in [-0.3, -0.25) is 0 Å². The van der Waals surface area contributed by atoms with Crippen molar-refractivity contribution in [2.45, 2.75) is 25.8 Å². The van der Waals surface area contributed by atoms with Crippen LogP contribution >= 0.6 is 28.3 Å². The zero-order chi connectivity index (χ0) is 10.7. The topological polar surface area (TPSA) is 46.2 Å². The van der Waals surface area contributed by atoms with Gasteiger partial charge in [-0.2, -0.15) is 0 Å². The quantitative estimate of drug-likeness (QED) is 0.897. The molecule has 0 spiro atoms. The molecular formula is C10H14BrClFNO. The number of benzene rings is 1. The monoisotopic (exact) mass is 297 g/mol. The van der Waals surface area contributed by atoms with Gasteiger partial charge in [-0.1, -0.05) is 13.3 Å². The summed E-state index contributed by atoms with van der Waals surface area (Å²) in [4.78, 5) is 0. The lowest BCUT2D eigenvalue weighted by molar-refractivity contribution is 0.441. The molecule has 1 atom stereocenters. The summed E-state index contributed by atoms with van der Waals surface area (Å²) in [7, 11) is 0. The number of nitrogens with two attached hydrogens (primary N) is 1. The van der Waals surface area contributed by atoms with Gasteiger partial charge in [0, 0.05) is 11.6 Å². The van der Waals surface area contributed by atoms with Crippen LogP contribution in [-0.2, 0) is 0 Å². The summed E-state index contributed by atoms with van der Waals surface area (Å²) >= 11 is 3.13. The Morgan fingerprint density at radius 2 is 2.13 bits per heavy atom. The van der Waals surface area contributed by atoms with Gasteiger partial charge in [-0.15, -0.1) is 12.4 Å². The van der Waals surface area contributed by atoms with Crippen molar-refractivity contribution >= 4 is 28.3 Å². The Kier molecular flexibility index (Phi) is 6.17. The highest BCUT2D eigenvalue weighted by molar-refractivity contribution is 9.10. The van der Waals surface area contributed by atoms with Gasteiger partial charge in [-0.05, 0) is 34.5 Å². The summed E-state index contributed by atoms with van der Waals surface area (Å²) in [6.45, 7) is 1.97. The molecule has 0 radical (unpaired) electrons. The van der Waals surface area contributed by atoms with E-state index in [-0.39, 0.29) is 23.7 Å². The predicted molar refractivity (Wildman–Crippen MR) is 64.8 cm³/mol. The summed E-state index contributed by atoms with van der Waals surface area (Å²) in [5, 5.41) is 9.61. The van der Waals surface area contributed by atoms with Crippen LogP contribution in [0.5, 0.6) is 5.75 Å². The Hall–Kier alpha value is -0.320. The lowest BCUT2D eigenvalue weighted by atomic mass is 10.0. The summed E-state index contributed by atoms with van der Waals surface area (Å²) in [5.74, 6) is -0.544. The largest absolute Gasteiger partial charge is 0.506 e. The van der Waals surface area contributed by atoms with Crippen molar-refractivity contribution in [1.29, 1.82) is 0 Å². The first-order chi connectivity index (χ1) is 6.57. The number of phenolic OH excluding ortho intramolecular Hbond substituents is 1. The van der Waals surface area contributed by atoms with Gasteiger partial charge in [0.2, 0.25) is 0 Å². The first-order valence-electron chi connectivity index (χ1n) is 4.50. The second kappa shape index (κ2) is 6.30. The highest BCUT2D eigenvalue weighted by Gasteiger charge is 2.17. The van der Waals surface area contributed by atoms with Gasteiger partial charge < -0.3 is 10.8 Å². The average molecular weight is 299 g/mol. The zero-order valence-electron chi connectivity index (χ0n) is 8.34. The molecule has 0 aliphatic rings. The standard InChI is InChI=1S/C10H13BrFNO.ClH/c1-2-3-8(13)9-7(12)5-4-6(11)10(9)14;/h4-5,8,14H,2-3,13H2,1H3;1H/t8-;/m0./s1. The maximum Gasteiger partial charge on any atom is 0.137 e. The van der Waals surface area contributed by atoms with E-state index in [0.29, 0.717) is 10.9 Å². The molecule has 1 aromatic rings. The number of halogens is 3. The zero-order valence-corrected chi connectivity index (χ0v) is 10.7. The molecule has 2 nitrogen and oxygen atoms in total. The van der Waals surface area contributed by atoms with Gasteiger partial charge in [0.15, 0.2) is 0 Å². The molecule has 0 unspecified atom stereocenters. The van der Waals surface area contributed by atoms with Crippen molar-refractivity contribution in [2.75, 3.05) is 0 Å². The van der Waals surface area contributed by atoms with Crippen LogP contribution in [-0.4, -0.2) is 5.11 Å². The van der Waals surface area contributed by atoms with Crippen LogP contribution in [0.1, 0.15) is 31.4 Å². The SMILES string of the molecule is CCC[C@H](N)c1c(F)ccc(Br)c1O.Cl. The Balaban J connectivity index is 0.00000196. The molecular weight excluding hydrogens is 284 g/mol. The third-order valence-electron chi connectivity index (χ3n) is 2.09. The Morgan fingerprint density at radius 1 is 1.53 bits per heavy atom. The molecule has 86 valence electrons. The third-order valence-corrected chi connectivity index (χ3v) is 2.73. The minimum absolute atomic E-state index is 0. The number of phenols is 1. The molecule has 0 bridgehead atoms. The highest BCUT2D eigenvalue weighted by atomic mass is 79.9. The molecule has 0 aliphatic carbocycles. The van der Waals surface area contributed by atoms with Gasteiger partial charge in [0.05, 0.1) is 4.47 Å². The van der Waals surface area contributed by atoms with E-state index in [2.05, 4.69) is 15.9 Å². The van der Waals surface area contributed by atoms with E-state index < -0.39 is 11.9 Å². The molecule has 1 aromatic carbocycles. The van der Waals surface area contributed by atoms with Crippen molar-refractivity contribution in [3.8, 4) is 5.75 Å². The van der Waals surface area contributed by atoms with Crippen molar-refractivity contribution in [3.63, 3.8) is 0 Å². The van der Waals surface area contributed by atoms with Crippen molar-refractivity contribution in [3.05, 3.63) is 28.0 Å². The van der Waals surface area contributed by atoms with Crippen molar-refractivity contribution in [2.24, 2.45) is 5.73 Å². The number of aromatic hydroxyl groups is 1. The molecule has 15 heavy (non-hydrogen) atoms. The molecule has 0 amide bonds. The fourth-order valence-corrected chi connectivity index (χ4v) is 1.71. The molecule has 0 aromatic heterocycles. The molecule has 0 heterocycles. The average Bonchev–Trinajstić information content (AvgIpc) is 2.13. The molecule has 0 fully saturated rings. The van der Waals surface area contributed by atoms with Crippen LogP contribution in [0.2, 0.25) is 0 Å². The smallest absolute Gasteiger partial charge is 0.137 e. The number of hydrogen-bond donors (Lipinski definition) is 2. The lowest BCUT2D eigenvalue weighted by Gasteiger charge is -2.14. The third kappa shape index (κ3) is 3.33. The Morgan fingerprint density at radius 3 is 2.67 bits per heavy atom. The van der Waals surface area contributed by atoms with E-state index in [1.165, 1.54) is 12.1 Å². The summed E-state index contributed by atoms with van der Waals surface area (Å²) in [6.07, 6.45) is 1.51. The van der Waals surface area contributed by atoms with E-state index in [4.69, 9.17) is 5.73 Å². The molecule has 0 aliphatic heterocycles. The minimum Gasteiger partial charge on any atom is -0.506 e. The number of hydrogen-bond acceptors (Lipinski definition) is 2. The van der Waals surface area contributed by atoms with Crippen LogP contribution in [0.4, 0.5) is 4.39 Å². The molecule has 0 saturated carbocycles. The fraction of sp³-hybridized carbons (Fsp3) is 0.400. The normalized spacial score (nSPS) is 12.0. The maximum absolute atomic E-state index is 13.3. The summed E-state index contributed by atoms with van der Waals surface area (Å²) in [5.41, 5.74) is 5.95. The second-order valence-electron chi connectivity index (χ2n) is 3.19. The number of rotatable bonds is 3. The van der Waals surface area contributed by atoms with Crippen LogP contribution in [0.25, 0.3) is 0 Å². The minimum atomic E-state index is -0.452. The van der Waals surface area contributed by atoms with Gasteiger partial charge >= 0.3 is 0 Å². The summed E-state index contributed by atoms with van der Waals surface area (Å²) in [6, 6.07) is 2.32. The van der Waals surface area contributed by atoms with E-state index in [9.17, 15) is 9.50 Å². The highest BCUT2D eigenvalue weighted by Crippen LogP contribution is 2.34. The van der Waals surface area contributed by atoms with Crippen LogP contribution in [0, 0.1) is 5.82 Å². The van der Waals surface area contributed by atoms with E-state index in [1.54, 1.807) is 0 Å². The Bertz CT molecular complexity index is 335. The lowest BCUT2D eigenvalue weighted by Crippen LogP contribution is -2.12. The van der Waals surface area contributed by atoms with Crippen molar-refractivity contribution in [1.82, 2.24) is 0 Å². The molecule has 1 rings (SSSR count). The van der Waals surface area contributed by atoms with Crippen LogP contribution in [0.3, 0.4) is 0 Å². The van der Waals surface area contributed by atoms with E-state index in [0.717, 1.165) is 6.42 Å². The van der Waals surface area contributed by atoms with Gasteiger partial charge in [0.1, 0.15) is 11.6 Å². The first-order valence-corrected chi connectivity index (χ1v) is 5.29. The molecule has 5 heteroatoms.